The van der Waals surface area contributed by atoms with Gasteiger partial charge in [0.05, 0.1) is 10.0 Å². The lowest BCUT2D eigenvalue weighted by molar-refractivity contribution is -0.134. The van der Waals surface area contributed by atoms with Crippen molar-refractivity contribution in [2.45, 2.75) is 0 Å². The van der Waals surface area contributed by atoms with Crippen molar-refractivity contribution in [3.8, 4) is 0 Å². The number of likely N-dealkylation sites (N-methyl/N-ethyl adjacent to an activating group) is 2. The summed E-state index contributed by atoms with van der Waals surface area (Å²) in [4.78, 5) is 37.3. The molecule has 0 unspecified atom stereocenters. The van der Waals surface area contributed by atoms with Crippen LogP contribution in [0.15, 0.2) is 23.8 Å². The molecule has 7 heteroatoms. The fourth-order valence-corrected chi connectivity index (χ4v) is 2.05. The molecule has 1 heterocycles. The van der Waals surface area contributed by atoms with Crippen LogP contribution in [-0.2, 0) is 9.59 Å². The van der Waals surface area contributed by atoms with Crippen LogP contribution in [0.3, 0.4) is 0 Å². The maximum atomic E-state index is 12.0. The maximum Gasteiger partial charge on any atom is 0.333 e. The second-order valence-electron chi connectivity index (χ2n) is 4.24. The van der Waals surface area contributed by atoms with Crippen molar-refractivity contribution < 1.29 is 14.4 Å². The number of amides is 4. The van der Waals surface area contributed by atoms with E-state index in [1.807, 2.05) is 0 Å². The molecule has 0 saturated carbocycles. The molecule has 1 aromatic carbocycles. The van der Waals surface area contributed by atoms with Gasteiger partial charge in [-0.3, -0.25) is 19.4 Å². The Morgan fingerprint density at radius 3 is 2.00 bits per heavy atom. The molecular weight excluding hydrogens is 303 g/mol. The topological polar surface area (TPSA) is 57.7 Å². The molecule has 20 heavy (non-hydrogen) atoms. The Hall–Kier alpha value is -1.85. The van der Waals surface area contributed by atoms with Gasteiger partial charge in [-0.25, -0.2) is 4.79 Å². The summed E-state index contributed by atoms with van der Waals surface area (Å²) in [6, 6.07) is 4.06. The van der Waals surface area contributed by atoms with Gasteiger partial charge in [0.25, 0.3) is 11.8 Å². The molecule has 4 amide bonds. The van der Waals surface area contributed by atoms with Crippen molar-refractivity contribution in [3.63, 3.8) is 0 Å². The number of rotatable bonds is 1. The quantitative estimate of drug-likeness (QED) is 0.591. The number of barbiturate groups is 1. The molecule has 104 valence electrons. The number of hydrogen-bond acceptors (Lipinski definition) is 3. The number of carbonyl (C=O) groups excluding carboxylic acids is 3. The van der Waals surface area contributed by atoms with Crippen LogP contribution in [-0.4, -0.2) is 41.7 Å². The van der Waals surface area contributed by atoms with E-state index in [0.29, 0.717) is 15.6 Å². The van der Waals surface area contributed by atoms with Crippen LogP contribution in [0.4, 0.5) is 4.79 Å². The van der Waals surface area contributed by atoms with Crippen LogP contribution in [0.2, 0.25) is 10.0 Å². The predicted octanol–water partition coefficient (Wildman–Crippen LogP) is 2.43. The largest absolute Gasteiger partial charge is 0.333 e. The van der Waals surface area contributed by atoms with E-state index in [4.69, 9.17) is 23.2 Å². The van der Waals surface area contributed by atoms with E-state index >= 15 is 0 Å². The van der Waals surface area contributed by atoms with Gasteiger partial charge in [0.2, 0.25) is 0 Å². The summed E-state index contributed by atoms with van der Waals surface area (Å²) in [5, 5.41) is 0.689. The highest BCUT2D eigenvalue weighted by atomic mass is 35.5. The zero-order valence-corrected chi connectivity index (χ0v) is 12.2. The Labute approximate surface area is 125 Å². The molecule has 0 spiro atoms. The highest BCUT2D eigenvalue weighted by molar-refractivity contribution is 6.42. The van der Waals surface area contributed by atoms with Gasteiger partial charge in [0.1, 0.15) is 5.57 Å². The van der Waals surface area contributed by atoms with Crippen LogP contribution in [0, 0.1) is 0 Å². The molecule has 0 bridgehead atoms. The summed E-state index contributed by atoms with van der Waals surface area (Å²) in [6.07, 6.45) is 1.38. The van der Waals surface area contributed by atoms with Gasteiger partial charge in [0, 0.05) is 14.1 Å². The number of hydrogen-bond donors (Lipinski definition) is 0. The highest BCUT2D eigenvalue weighted by Crippen LogP contribution is 2.25. The summed E-state index contributed by atoms with van der Waals surface area (Å²) in [5.41, 5.74) is 0.445. The monoisotopic (exact) mass is 312 g/mol. The molecule has 1 fully saturated rings. The first kappa shape index (κ1) is 14.6. The summed E-state index contributed by atoms with van der Waals surface area (Å²) in [6.45, 7) is 0. The van der Waals surface area contributed by atoms with E-state index in [0.717, 1.165) is 9.80 Å². The van der Waals surface area contributed by atoms with Gasteiger partial charge >= 0.3 is 6.03 Å². The zero-order valence-electron chi connectivity index (χ0n) is 10.7. The first-order valence-corrected chi connectivity index (χ1v) is 6.35. The van der Waals surface area contributed by atoms with Crippen molar-refractivity contribution in [1.82, 2.24) is 9.80 Å². The maximum absolute atomic E-state index is 12.0. The molecule has 0 radical (unpaired) electrons. The third-order valence-corrected chi connectivity index (χ3v) is 3.64. The fourth-order valence-electron chi connectivity index (χ4n) is 1.74. The number of halogens is 2. The summed E-state index contributed by atoms with van der Waals surface area (Å²) >= 11 is 11.7. The second kappa shape index (κ2) is 5.26. The Balaban J connectivity index is 2.46. The Morgan fingerprint density at radius 2 is 1.50 bits per heavy atom. The molecule has 2 rings (SSSR count). The molecule has 1 saturated heterocycles. The number of urea groups is 1. The molecule has 0 atom stereocenters. The van der Waals surface area contributed by atoms with Crippen LogP contribution in [0.1, 0.15) is 5.56 Å². The highest BCUT2D eigenvalue weighted by Gasteiger charge is 2.37. The minimum Gasteiger partial charge on any atom is -0.268 e. The van der Waals surface area contributed by atoms with Crippen LogP contribution >= 0.6 is 23.2 Å². The predicted molar refractivity (Wildman–Crippen MR) is 75.4 cm³/mol. The summed E-state index contributed by atoms with van der Waals surface area (Å²) < 4.78 is 0. The molecule has 0 N–H and O–H groups in total. The molecule has 0 aromatic heterocycles. The van der Waals surface area contributed by atoms with Gasteiger partial charge in [0.15, 0.2) is 0 Å². The molecule has 1 aliphatic rings. The molecule has 5 nitrogen and oxygen atoms in total. The lowest BCUT2D eigenvalue weighted by Gasteiger charge is -2.28. The minimum absolute atomic E-state index is 0.104. The lowest BCUT2D eigenvalue weighted by Crippen LogP contribution is -2.52. The van der Waals surface area contributed by atoms with E-state index in [2.05, 4.69) is 0 Å². The number of nitrogens with zero attached hydrogens (tertiary/aromatic N) is 2. The number of imide groups is 2. The van der Waals surface area contributed by atoms with Crippen LogP contribution < -0.4 is 0 Å². The van der Waals surface area contributed by atoms with E-state index in [1.165, 1.54) is 26.2 Å². The minimum atomic E-state index is -0.661. The van der Waals surface area contributed by atoms with Gasteiger partial charge in [-0.15, -0.1) is 0 Å². The molecular formula is C13H10Cl2N2O3. The third-order valence-electron chi connectivity index (χ3n) is 2.90. The summed E-state index contributed by atoms with van der Waals surface area (Å²) in [5.74, 6) is -1.30. The van der Waals surface area contributed by atoms with Gasteiger partial charge in [-0.05, 0) is 23.8 Å². The SMILES string of the molecule is CN1C(=O)C(=Cc2ccc(Cl)c(Cl)c2)C(=O)N(C)C1=O. The first-order valence-electron chi connectivity index (χ1n) is 5.59. The summed E-state index contributed by atoms with van der Waals surface area (Å²) in [7, 11) is 2.63. The molecule has 1 aromatic rings. The lowest BCUT2D eigenvalue weighted by atomic mass is 10.1. The van der Waals surface area contributed by atoms with Crippen molar-refractivity contribution in [2.24, 2.45) is 0 Å². The zero-order chi connectivity index (χ0) is 15.0. The molecule has 0 aliphatic carbocycles. The Kier molecular flexibility index (Phi) is 3.83. The van der Waals surface area contributed by atoms with Crippen molar-refractivity contribution in [3.05, 3.63) is 39.4 Å². The smallest absolute Gasteiger partial charge is 0.268 e. The second-order valence-corrected chi connectivity index (χ2v) is 5.06. The van der Waals surface area contributed by atoms with Gasteiger partial charge in [-0.1, -0.05) is 29.3 Å². The van der Waals surface area contributed by atoms with Crippen molar-refractivity contribution in [2.75, 3.05) is 14.1 Å². The van der Waals surface area contributed by atoms with E-state index in [1.54, 1.807) is 12.1 Å². The normalized spacial score (nSPS) is 16.0. The molecule has 1 aliphatic heterocycles. The third kappa shape index (κ3) is 2.42. The van der Waals surface area contributed by atoms with E-state index in [9.17, 15) is 14.4 Å². The average Bonchev–Trinajstić information content (AvgIpc) is 2.43. The van der Waals surface area contributed by atoms with Crippen molar-refractivity contribution in [1.29, 1.82) is 0 Å². The standard InChI is InChI=1S/C13H10Cl2N2O3/c1-16-11(18)8(12(19)17(2)13(16)20)5-7-3-4-9(14)10(15)6-7/h3-6H,1-2H3. The van der Waals surface area contributed by atoms with E-state index < -0.39 is 17.8 Å². The Morgan fingerprint density at radius 1 is 0.950 bits per heavy atom. The van der Waals surface area contributed by atoms with Crippen molar-refractivity contribution >= 4 is 47.1 Å². The van der Waals surface area contributed by atoms with Crippen LogP contribution in [0.25, 0.3) is 6.08 Å². The van der Waals surface area contributed by atoms with Gasteiger partial charge in [-0.2, -0.15) is 0 Å². The van der Waals surface area contributed by atoms with Gasteiger partial charge < -0.3 is 0 Å². The Bertz CT molecular complexity index is 629. The number of carbonyl (C=O) groups is 3. The number of benzene rings is 1. The van der Waals surface area contributed by atoms with E-state index in [-0.39, 0.29) is 5.57 Å². The fraction of sp³-hybridized carbons (Fsp3) is 0.154. The first-order chi connectivity index (χ1) is 9.32. The average molecular weight is 313 g/mol. The van der Waals surface area contributed by atoms with Crippen LogP contribution in [0.5, 0.6) is 0 Å².